The van der Waals surface area contributed by atoms with Crippen LogP contribution in [0.15, 0.2) is 47.0 Å². The van der Waals surface area contributed by atoms with Crippen LogP contribution in [0.25, 0.3) is 11.9 Å². The number of aromatic nitrogens is 2. The van der Waals surface area contributed by atoms with Crippen LogP contribution in [0, 0.1) is 20.8 Å². The van der Waals surface area contributed by atoms with Gasteiger partial charge in [0.15, 0.2) is 5.82 Å². The minimum atomic E-state index is -0.0381. The van der Waals surface area contributed by atoms with Gasteiger partial charge in [-0.3, -0.25) is 9.36 Å². The second-order valence-corrected chi connectivity index (χ2v) is 8.21. The molecule has 1 saturated heterocycles. The van der Waals surface area contributed by atoms with Gasteiger partial charge in [0, 0.05) is 55.9 Å². The lowest BCUT2D eigenvalue weighted by Gasteiger charge is -2.31. The van der Waals surface area contributed by atoms with E-state index in [1.54, 1.807) is 11.0 Å². The molecule has 0 atom stereocenters. The lowest BCUT2D eigenvalue weighted by Crippen LogP contribution is -2.37. The van der Waals surface area contributed by atoms with Crippen LogP contribution < -0.4 is 4.90 Å². The molecule has 1 aliphatic rings. The molecular weight excluding hydrogens is 404 g/mol. The van der Waals surface area contributed by atoms with Gasteiger partial charge in [-0.25, -0.2) is 0 Å². The smallest absolute Gasteiger partial charge is 0.246 e. The molecule has 4 rings (SSSR count). The number of hydrogen-bond donors (Lipinski definition) is 0. The zero-order valence-electron chi connectivity index (χ0n) is 19.2. The number of likely N-dealkylation sites (N-methyl/N-ethyl adjacent to an activating group) is 1. The Labute approximate surface area is 188 Å². The van der Waals surface area contributed by atoms with Crippen LogP contribution in [-0.4, -0.2) is 53.9 Å². The number of rotatable bonds is 6. The highest BCUT2D eigenvalue weighted by Crippen LogP contribution is 2.24. The van der Waals surface area contributed by atoms with Gasteiger partial charge in [-0.1, -0.05) is 23.4 Å². The van der Waals surface area contributed by atoms with Gasteiger partial charge in [0.1, 0.15) is 5.76 Å². The van der Waals surface area contributed by atoms with Crippen LogP contribution in [0.1, 0.15) is 28.3 Å². The molecule has 0 spiro atoms. The van der Waals surface area contributed by atoms with Gasteiger partial charge < -0.3 is 19.1 Å². The van der Waals surface area contributed by atoms with E-state index in [-0.39, 0.29) is 5.91 Å². The third-order valence-electron chi connectivity index (χ3n) is 5.85. The molecule has 0 bridgehead atoms. The Kier molecular flexibility index (Phi) is 6.46. The molecule has 2 aromatic heterocycles. The van der Waals surface area contributed by atoms with Crippen molar-refractivity contribution in [3.8, 4) is 5.82 Å². The van der Waals surface area contributed by atoms with Crippen molar-refractivity contribution < 1.29 is 14.1 Å². The number of aryl methyl sites for hydroxylation is 2. The molecule has 3 aromatic rings. The van der Waals surface area contributed by atoms with Crippen LogP contribution in [0.4, 0.5) is 5.69 Å². The number of nitrogens with zero attached hydrogens (tertiary/aromatic N) is 4. The zero-order chi connectivity index (χ0) is 22.7. The van der Waals surface area contributed by atoms with Gasteiger partial charge in [-0.2, -0.15) is 0 Å². The number of ether oxygens (including phenoxy) is 1. The number of hydrogen-bond acceptors (Lipinski definition) is 5. The second-order valence-electron chi connectivity index (χ2n) is 8.21. The van der Waals surface area contributed by atoms with Crippen LogP contribution >= 0.6 is 0 Å². The number of carbonyl (C=O) groups excluding carboxylic acids is 1. The van der Waals surface area contributed by atoms with Crippen molar-refractivity contribution in [2.45, 2.75) is 27.3 Å². The third-order valence-corrected chi connectivity index (χ3v) is 5.85. The summed E-state index contributed by atoms with van der Waals surface area (Å²) in [5.74, 6) is 1.47. The predicted octanol–water partition coefficient (Wildman–Crippen LogP) is 3.90. The number of morpholine rings is 1. The van der Waals surface area contributed by atoms with Gasteiger partial charge >= 0.3 is 0 Å². The Balaban J connectivity index is 1.47. The van der Waals surface area contributed by atoms with E-state index in [1.165, 1.54) is 5.69 Å². The average molecular weight is 435 g/mol. The van der Waals surface area contributed by atoms with E-state index in [2.05, 4.69) is 28.3 Å². The summed E-state index contributed by atoms with van der Waals surface area (Å²) in [6.07, 6.45) is 3.51. The maximum atomic E-state index is 12.9. The van der Waals surface area contributed by atoms with Gasteiger partial charge in [-0.05, 0) is 50.1 Å². The van der Waals surface area contributed by atoms with Crippen molar-refractivity contribution in [2.24, 2.45) is 0 Å². The molecule has 0 unspecified atom stereocenters. The fourth-order valence-corrected chi connectivity index (χ4v) is 4.15. The molecule has 0 radical (unpaired) electrons. The summed E-state index contributed by atoms with van der Waals surface area (Å²) in [6, 6.07) is 12.2. The molecule has 7 nitrogen and oxygen atoms in total. The highest BCUT2D eigenvalue weighted by Gasteiger charge is 2.17. The molecule has 0 aliphatic carbocycles. The molecule has 1 aliphatic heterocycles. The van der Waals surface area contributed by atoms with E-state index in [0.29, 0.717) is 6.54 Å². The Morgan fingerprint density at radius 3 is 2.62 bits per heavy atom. The summed E-state index contributed by atoms with van der Waals surface area (Å²) in [5, 5.41) is 4.11. The molecule has 1 amide bonds. The quantitative estimate of drug-likeness (QED) is 0.551. The van der Waals surface area contributed by atoms with Gasteiger partial charge in [-0.15, -0.1) is 0 Å². The highest BCUT2D eigenvalue weighted by molar-refractivity contribution is 5.91. The summed E-state index contributed by atoms with van der Waals surface area (Å²) in [4.78, 5) is 16.9. The van der Waals surface area contributed by atoms with Crippen LogP contribution in [0.2, 0.25) is 0 Å². The number of amides is 1. The summed E-state index contributed by atoms with van der Waals surface area (Å²) >= 11 is 0. The molecule has 168 valence electrons. The number of para-hydroxylation sites is 1. The van der Waals surface area contributed by atoms with E-state index >= 15 is 0 Å². The van der Waals surface area contributed by atoms with Gasteiger partial charge in [0.2, 0.25) is 5.91 Å². The Bertz CT molecular complexity index is 1120. The van der Waals surface area contributed by atoms with E-state index in [0.717, 1.165) is 60.4 Å². The number of carbonyl (C=O) groups is 1. The standard InChI is InChI=1S/C25H30N4O3/c1-18-15-21(20(3)29(18)24-16-19(2)32-26-24)9-10-25(30)27(4)17-22-7-5-6-8-23(22)28-11-13-31-14-12-28/h5-10,15-16H,11-14,17H2,1-4H3/b10-9+. The van der Waals surface area contributed by atoms with E-state index in [9.17, 15) is 4.79 Å². The zero-order valence-corrected chi connectivity index (χ0v) is 19.2. The third kappa shape index (κ3) is 4.62. The summed E-state index contributed by atoms with van der Waals surface area (Å²) in [5.41, 5.74) is 5.35. The molecule has 3 heterocycles. The first-order valence-electron chi connectivity index (χ1n) is 10.9. The van der Waals surface area contributed by atoms with Gasteiger partial charge in [0.25, 0.3) is 0 Å². The molecule has 7 heteroatoms. The summed E-state index contributed by atoms with van der Waals surface area (Å²) < 4.78 is 12.7. The fraction of sp³-hybridized carbons (Fsp3) is 0.360. The summed E-state index contributed by atoms with van der Waals surface area (Å²) in [7, 11) is 1.84. The first kappa shape index (κ1) is 21.9. The normalized spacial score (nSPS) is 14.3. The van der Waals surface area contributed by atoms with E-state index in [1.807, 2.05) is 56.7 Å². The Morgan fingerprint density at radius 2 is 1.91 bits per heavy atom. The van der Waals surface area contributed by atoms with Crippen molar-refractivity contribution in [2.75, 3.05) is 38.3 Å². The maximum absolute atomic E-state index is 12.9. The maximum Gasteiger partial charge on any atom is 0.246 e. The van der Waals surface area contributed by atoms with Crippen LogP contribution in [0.5, 0.6) is 0 Å². The first-order valence-corrected chi connectivity index (χ1v) is 10.9. The van der Waals surface area contributed by atoms with Crippen molar-refractivity contribution in [1.82, 2.24) is 14.6 Å². The largest absolute Gasteiger partial charge is 0.378 e. The molecule has 1 fully saturated rings. The lowest BCUT2D eigenvalue weighted by atomic mass is 10.1. The molecular formula is C25H30N4O3. The topological polar surface area (TPSA) is 63.7 Å². The van der Waals surface area contributed by atoms with E-state index < -0.39 is 0 Å². The monoisotopic (exact) mass is 434 g/mol. The summed E-state index contributed by atoms with van der Waals surface area (Å²) in [6.45, 7) is 9.67. The van der Waals surface area contributed by atoms with Crippen molar-refractivity contribution in [3.63, 3.8) is 0 Å². The molecule has 0 N–H and O–H groups in total. The average Bonchev–Trinajstić information content (AvgIpc) is 3.34. The lowest BCUT2D eigenvalue weighted by molar-refractivity contribution is -0.125. The highest BCUT2D eigenvalue weighted by atomic mass is 16.5. The molecule has 32 heavy (non-hydrogen) atoms. The minimum Gasteiger partial charge on any atom is -0.378 e. The number of anilines is 1. The van der Waals surface area contributed by atoms with Crippen LogP contribution in [-0.2, 0) is 16.1 Å². The fourth-order valence-electron chi connectivity index (χ4n) is 4.15. The minimum absolute atomic E-state index is 0.0381. The van der Waals surface area contributed by atoms with E-state index in [4.69, 9.17) is 9.26 Å². The van der Waals surface area contributed by atoms with Gasteiger partial charge in [0.05, 0.1) is 13.2 Å². The molecule has 0 saturated carbocycles. The Hall–Kier alpha value is -3.32. The SMILES string of the molecule is Cc1cc(-n2c(C)cc(/C=C/C(=O)N(C)Cc3ccccc3N3CCOCC3)c2C)no1. The first-order chi connectivity index (χ1) is 15.4. The van der Waals surface area contributed by atoms with Crippen molar-refractivity contribution in [3.05, 3.63) is 70.7 Å². The predicted molar refractivity (Wildman–Crippen MR) is 125 cm³/mol. The Morgan fingerprint density at radius 1 is 1.16 bits per heavy atom. The second kappa shape index (κ2) is 9.44. The van der Waals surface area contributed by atoms with Crippen molar-refractivity contribution in [1.29, 1.82) is 0 Å². The van der Waals surface area contributed by atoms with Crippen molar-refractivity contribution >= 4 is 17.7 Å². The van der Waals surface area contributed by atoms with Crippen LogP contribution in [0.3, 0.4) is 0 Å². The number of benzene rings is 1. The molecule has 1 aromatic carbocycles.